The lowest BCUT2D eigenvalue weighted by atomic mass is 10.2. The van der Waals surface area contributed by atoms with Crippen LogP contribution in [0.2, 0.25) is 0 Å². The number of H-pyrrole nitrogens is 1. The predicted molar refractivity (Wildman–Crippen MR) is 73.2 cm³/mol. The average molecular weight is 272 g/mol. The average Bonchev–Trinajstić information content (AvgIpc) is 3.20. The molecular formula is C14H16N4O2. The maximum absolute atomic E-state index is 12.5. The van der Waals surface area contributed by atoms with E-state index in [1.165, 1.54) is 12.3 Å². The van der Waals surface area contributed by atoms with E-state index < -0.39 is 0 Å². The maximum atomic E-state index is 12.5. The molecule has 104 valence electrons. The Morgan fingerprint density at radius 3 is 2.85 bits per heavy atom. The second-order valence-electron chi connectivity index (χ2n) is 5.06. The van der Waals surface area contributed by atoms with Gasteiger partial charge in [0.25, 0.3) is 5.91 Å². The molecule has 6 nitrogen and oxygen atoms in total. The van der Waals surface area contributed by atoms with Crippen LogP contribution in [0.25, 0.3) is 0 Å². The first-order valence-corrected chi connectivity index (χ1v) is 6.61. The Labute approximate surface area is 116 Å². The standard InChI is InChI=1S/C14H16N4O2/c1-17-7-6-15-12(17)9-18(11-3-4-11)14(20)10-2-5-13(19)16-8-10/h2,5-8,11H,3-4,9H2,1H3,(H,16,19). The topological polar surface area (TPSA) is 71.0 Å². The first-order chi connectivity index (χ1) is 9.65. The van der Waals surface area contributed by atoms with Crippen LogP contribution < -0.4 is 5.56 Å². The summed E-state index contributed by atoms with van der Waals surface area (Å²) in [7, 11) is 1.91. The first-order valence-electron chi connectivity index (χ1n) is 6.61. The van der Waals surface area contributed by atoms with E-state index in [4.69, 9.17) is 0 Å². The molecule has 1 aliphatic carbocycles. The molecule has 1 aliphatic rings. The summed E-state index contributed by atoms with van der Waals surface area (Å²) in [4.78, 5) is 32.2. The molecule has 1 N–H and O–H groups in total. The van der Waals surface area contributed by atoms with Crippen molar-refractivity contribution < 1.29 is 4.79 Å². The Balaban J connectivity index is 1.83. The zero-order valence-corrected chi connectivity index (χ0v) is 11.2. The molecule has 0 saturated heterocycles. The summed E-state index contributed by atoms with van der Waals surface area (Å²) in [5.74, 6) is 0.793. The lowest BCUT2D eigenvalue weighted by Crippen LogP contribution is -2.33. The molecule has 2 aromatic rings. The highest BCUT2D eigenvalue weighted by atomic mass is 16.2. The number of imidazole rings is 1. The van der Waals surface area contributed by atoms with Crippen molar-refractivity contribution >= 4 is 5.91 Å². The number of carbonyl (C=O) groups is 1. The Kier molecular flexibility index (Phi) is 3.14. The molecule has 0 bridgehead atoms. The Morgan fingerprint density at radius 2 is 2.30 bits per heavy atom. The molecule has 1 saturated carbocycles. The molecule has 0 aliphatic heterocycles. The number of nitrogens with one attached hydrogen (secondary N) is 1. The van der Waals surface area contributed by atoms with Crippen molar-refractivity contribution in [3.8, 4) is 0 Å². The third kappa shape index (κ3) is 2.49. The third-order valence-corrected chi connectivity index (χ3v) is 3.51. The predicted octanol–water partition coefficient (Wildman–Crippen LogP) is 0.913. The van der Waals surface area contributed by atoms with Crippen LogP contribution in [0.4, 0.5) is 0 Å². The van der Waals surface area contributed by atoms with Gasteiger partial charge in [0.2, 0.25) is 5.56 Å². The number of hydrogen-bond acceptors (Lipinski definition) is 3. The van der Waals surface area contributed by atoms with E-state index in [1.807, 2.05) is 22.7 Å². The van der Waals surface area contributed by atoms with Crippen molar-refractivity contribution in [2.24, 2.45) is 7.05 Å². The molecule has 0 aromatic carbocycles. The van der Waals surface area contributed by atoms with Gasteiger partial charge in [0.15, 0.2) is 0 Å². The molecule has 2 aromatic heterocycles. The van der Waals surface area contributed by atoms with Gasteiger partial charge in [-0.3, -0.25) is 9.59 Å². The fourth-order valence-electron chi connectivity index (χ4n) is 2.16. The van der Waals surface area contributed by atoms with Crippen LogP contribution in [-0.4, -0.2) is 31.4 Å². The second kappa shape index (κ2) is 4.96. The SMILES string of the molecule is Cn1ccnc1CN(C(=O)c1ccc(=O)[nH]c1)C1CC1. The molecule has 1 fully saturated rings. The van der Waals surface area contributed by atoms with Gasteiger partial charge in [0.05, 0.1) is 12.1 Å². The van der Waals surface area contributed by atoms with Crippen LogP contribution in [-0.2, 0) is 13.6 Å². The number of aromatic nitrogens is 3. The Hall–Kier alpha value is -2.37. The lowest BCUT2D eigenvalue weighted by Gasteiger charge is -2.22. The molecule has 0 atom stereocenters. The van der Waals surface area contributed by atoms with Gasteiger partial charge >= 0.3 is 0 Å². The minimum absolute atomic E-state index is 0.0632. The van der Waals surface area contributed by atoms with Gasteiger partial charge in [-0.25, -0.2) is 4.98 Å². The van der Waals surface area contributed by atoms with E-state index in [9.17, 15) is 9.59 Å². The first kappa shape index (κ1) is 12.7. The van der Waals surface area contributed by atoms with Gasteiger partial charge in [-0.05, 0) is 18.9 Å². The van der Waals surface area contributed by atoms with E-state index in [1.54, 1.807) is 12.3 Å². The Bertz CT molecular complexity index is 664. The molecule has 20 heavy (non-hydrogen) atoms. The van der Waals surface area contributed by atoms with Crippen LogP contribution >= 0.6 is 0 Å². The number of hydrogen-bond donors (Lipinski definition) is 1. The quantitative estimate of drug-likeness (QED) is 0.899. The highest BCUT2D eigenvalue weighted by molar-refractivity contribution is 5.94. The summed E-state index contributed by atoms with van der Waals surface area (Å²) in [6.07, 6.45) is 7.12. The van der Waals surface area contributed by atoms with Crippen molar-refractivity contribution in [2.45, 2.75) is 25.4 Å². The van der Waals surface area contributed by atoms with Crippen molar-refractivity contribution in [3.63, 3.8) is 0 Å². The van der Waals surface area contributed by atoms with Crippen molar-refractivity contribution in [2.75, 3.05) is 0 Å². The van der Waals surface area contributed by atoms with Crippen LogP contribution in [0.15, 0.2) is 35.5 Å². The third-order valence-electron chi connectivity index (χ3n) is 3.51. The van der Waals surface area contributed by atoms with Crippen LogP contribution in [0.5, 0.6) is 0 Å². The fourth-order valence-corrected chi connectivity index (χ4v) is 2.16. The lowest BCUT2D eigenvalue weighted by molar-refractivity contribution is 0.0723. The van der Waals surface area contributed by atoms with Crippen LogP contribution in [0, 0.1) is 0 Å². The zero-order valence-electron chi connectivity index (χ0n) is 11.2. The fraction of sp³-hybridized carbons (Fsp3) is 0.357. The number of rotatable bonds is 4. The summed E-state index contributed by atoms with van der Waals surface area (Å²) in [5, 5.41) is 0. The largest absolute Gasteiger partial charge is 0.337 e. The van der Waals surface area contributed by atoms with E-state index >= 15 is 0 Å². The maximum Gasteiger partial charge on any atom is 0.255 e. The van der Waals surface area contributed by atoms with Gasteiger partial charge in [0.1, 0.15) is 5.82 Å². The molecule has 0 unspecified atom stereocenters. The van der Waals surface area contributed by atoms with Gasteiger partial charge in [0, 0.05) is 37.7 Å². The normalized spacial score (nSPS) is 14.2. The van der Waals surface area contributed by atoms with Crippen molar-refractivity contribution in [1.29, 1.82) is 0 Å². The van der Waals surface area contributed by atoms with Crippen LogP contribution in [0.3, 0.4) is 0 Å². The molecule has 6 heteroatoms. The minimum atomic E-state index is -0.205. The summed E-state index contributed by atoms with van der Waals surface area (Å²) in [6.45, 7) is 0.492. The van der Waals surface area contributed by atoms with E-state index in [-0.39, 0.29) is 17.5 Å². The molecule has 2 heterocycles. The number of nitrogens with zero attached hydrogens (tertiary/aromatic N) is 3. The number of amides is 1. The van der Waals surface area contributed by atoms with Gasteiger partial charge in [-0.1, -0.05) is 0 Å². The Morgan fingerprint density at radius 1 is 1.50 bits per heavy atom. The molecule has 0 radical (unpaired) electrons. The number of carbonyl (C=O) groups excluding carboxylic acids is 1. The van der Waals surface area contributed by atoms with Crippen molar-refractivity contribution in [3.05, 3.63) is 52.5 Å². The van der Waals surface area contributed by atoms with E-state index in [0.29, 0.717) is 12.1 Å². The minimum Gasteiger partial charge on any atom is -0.337 e. The van der Waals surface area contributed by atoms with Crippen LogP contribution in [0.1, 0.15) is 29.0 Å². The molecule has 1 amide bonds. The second-order valence-corrected chi connectivity index (χ2v) is 5.06. The summed E-state index contributed by atoms with van der Waals surface area (Å²) < 4.78 is 1.91. The number of aromatic amines is 1. The highest BCUT2D eigenvalue weighted by Gasteiger charge is 2.33. The molecule has 0 spiro atoms. The highest BCUT2D eigenvalue weighted by Crippen LogP contribution is 2.29. The zero-order chi connectivity index (χ0) is 14.1. The van der Waals surface area contributed by atoms with E-state index in [0.717, 1.165) is 18.7 Å². The van der Waals surface area contributed by atoms with Crippen molar-refractivity contribution in [1.82, 2.24) is 19.4 Å². The summed E-state index contributed by atoms with van der Waals surface area (Å²) in [5.41, 5.74) is 0.300. The van der Waals surface area contributed by atoms with E-state index in [2.05, 4.69) is 9.97 Å². The molecular weight excluding hydrogens is 256 g/mol. The van der Waals surface area contributed by atoms with Gasteiger partial charge < -0.3 is 14.5 Å². The molecule has 3 rings (SSSR count). The van der Waals surface area contributed by atoms with Gasteiger partial charge in [-0.2, -0.15) is 0 Å². The summed E-state index contributed by atoms with van der Waals surface area (Å²) in [6, 6.07) is 3.22. The summed E-state index contributed by atoms with van der Waals surface area (Å²) >= 11 is 0. The number of aryl methyl sites for hydroxylation is 1. The monoisotopic (exact) mass is 272 g/mol. The van der Waals surface area contributed by atoms with Gasteiger partial charge in [-0.15, -0.1) is 0 Å². The smallest absolute Gasteiger partial charge is 0.255 e. The number of pyridine rings is 1.